The van der Waals surface area contributed by atoms with E-state index in [-0.39, 0.29) is 18.0 Å². The number of carbonyl (C=O) groups excluding carboxylic acids is 1. The molecule has 2 unspecified atom stereocenters. The standard InChI is InChI=1S/C5H8O2.2F2/c1-3(6)5-4(2)7-5;2*1-2/h4-5H,1-2H3;;. The Labute approximate surface area is 60.9 Å². The summed E-state index contributed by atoms with van der Waals surface area (Å²) in [7, 11) is 0. The average molecular weight is 176 g/mol. The fourth-order valence-corrected chi connectivity index (χ4v) is 0.612. The molecule has 0 N–H and O–H groups in total. The van der Waals surface area contributed by atoms with Crippen molar-refractivity contribution in [2.75, 3.05) is 0 Å². The van der Waals surface area contributed by atoms with Gasteiger partial charge < -0.3 is 4.74 Å². The first-order chi connectivity index (χ1) is 5.22. The largest absolute Gasteiger partial charge is 0.362 e. The average Bonchev–Trinajstić information content (AvgIpc) is 2.75. The number of Topliss-reactive ketones (excluding diaryl/α,β-unsaturated/α-hetero) is 1. The zero-order valence-corrected chi connectivity index (χ0v) is 5.98. The maximum Gasteiger partial charge on any atom is 0.161 e. The lowest BCUT2D eigenvalue weighted by atomic mass is 10.3. The van der Waals surface area contributed by atoms with Gasteiger partial charge in [-0.15, -0.1) is 0 Å². The molecular weight excluding hydrogens is 168 g/mol. The van der Waals surface area contributed by atoms with Crippen molar-refractivity contribution in [2.45, 2.75) is 26.1 Å². The lowest BCUT2D eigenvalue weighted by Gasteiger charge is -1.74. The molecule has 1 aliphatic rings. The molecule has 0 aromatic rings. The molecule has 0 aliphatic carbocycles. The van der Waals surface area contributed by atoms with E-state index in [9.17, 15) is 4.79 Å². The van der Waals surface area contributed by atoms with E-state index in [0.29, 0.717) is 0 Å². The van der Waals surface area contributed by atoms with Crippen LogP contribution in [0.25, 0.3) is 0 Å². The van der Waals surface area contributed by atoms with Crippen LogP contribution in [0.5, 0.6) is 0 Å². The van der Waals surface area contributed by atoms with Gasteiger partial charge in [-0.25, -0.2) is 0 Å². The molecule has 0 saturated carbocycles. The Morgan fingerprint density at radius 1 is 1.27 bits per heavy atom. The number of halogens is 4. The zero-order valence-electron chi connectivity index (χ0n) is 5.98. The van der Waals surface area contributed by atoms with Gasteiger partial charge in [0, 0.05) is 18.3 Å². The van der Waals surface area contributed by atoms with Crippen LogP contribution in [0.2, 0.25) is 0 Å². The molecule has 2 atom stereocenters. The molecular formula is C5H8F4O2. The summed E-state index contributed by atoms with van der Waals surface area (Å²) in [5, 5.41) is 0. The molecule has 2 nitrogen and oxygen atoms in total. The van der Waals surface area contributed by atoms with Gasteiger partial charge in [0.1, 0.15) is 6.10 Å². The molecule has 1 fully saturated rings. The number of rotatable bonds is 1. The topological polar surface area (TPSA) is 29.6 Å². The van der Waals surface area contributed by atoms with Crippen molar-refractivity contribution >= 4 is 5.78 Å². The Bertz CT molecular complexity index is 109. The van der Waals surface area contributed by atoms with E-state index in [2.05, 4.69) is 0 Å². The van der Waals surface area contributed by atoms with Crippen LogP contribution in [-0.2, 0) is 9.53 Å². The van der Waals surface area contributed by atoms with Crippen molar-refractivity contribution in [2.24, 2.45) is 0 Å². The first kappa shape index (κ1) is 13.0. The van der Waals surface area contributed by atoms with Crippen LogP contribution >= 0.6 is 0 Å². The van der Waals surface area contributed by atoms with Gasteiger partial charge in [-0.1, -0.05) is 0 Å². The molecule has 1 aliphatic heterocycles. The highest BCUT2D eigenvalue weighted by molar-refractivity contribution is 5.83. The molecule has 0 amide bonds. The third kappa shape index (κ3) is 5.78. The van der Waals surface area contributed by atoms with Crippen LogP contribution in [0, 0.1) is 0 Å². The smallest absolute Gasteiger partial charge is 0.161 e. The third-order valence-corrected chi connectivity index (χ3v) is 1.11. The highest BCUT2D eigenvalue weighted by Crippen LogP contribution is 2.20. The van der Waals surface area contributed by atoms with E-state index in [1.54, 1.807) is 6.92 Å². The minimum atomic E-state index is -0.0694. The summed E-state index contributed by atoms with van der Waals surface area (Å²) in [5.74, 6) is 0.146. The monoisotopic (exact) mass is 176 g/mol. The van der Waals surface area contributed by atoms with Gasteiger partial charge in [-0.2, -0.15) is 0 Å². The fourth-order valence-electron chi connectivity index (χ4n) is 0.612. The molecule has 0 aromatic heterocycles. The Balaban J connectivity index is 0. The quantitative estimate of drug-likeness (QED) is 0.452. The Kier molecular flexibility index (Phi) is 8.80. The molecule has 1 saturated heterocycles. The molecule has 11 heavy (non-hydrogen) atoms. The number of ether oxygens (including phenoxy) is 1. The molecule has 68 valence electrons. The minimum Gasteiger partial charge on any atom is -0.362 e. The fraction of sp³-hybridized carbons (Fsp3) is 0.800. The summed E-state index contributed by atoms with van der Waals surface area (Å²) in [6.45, 7) is 3.44. The van der Waals surface area contributed by atoms with Crippen LogP contribution in [0.4, 0.5) is 18.3 Å². The number of ketones is 1. The first-order valence-electron chi connectivity index (χ1n) is 2.66. The zero-order chi connectivity index (χ0) is 9.44. The van der Waals surface area contributed by atoms with E-state index in [1.807, 2.05) is 6.92 Å². The Morgan fingerprint density at radius 2 is 1.55 bits per heavy atom. The molecule has 1 heterocycles. The molecule has 6 heteroatoms. The SMILES string of the molecule is CC(=O)C1OC1C.FF.FF. The van der Waals surface area contributed by atoms with Gasteiger partial charge in [0.25, 0.3) is 0 Å². The minimum absolute atomic E-state index is 0.0694. The van der Waals surface area contributed by atoms with Crippen LogP contribution in [-0.4, -0.2) is 18.0 Å². The van der Waals surface area contributed by atoms with E-state index in [1.165, 1.54) is 0 Å². The number of carbonyl (C=O) groups is 1. The van der Waals surface area contributed by atoms with E-state index >= 15 is 0 Å². The number of hydrogen-bond acceptors (Lipinski definition) is 2. The predicted molar refractivity (Wildman–Crippen MR) is 29.4 cm³/mol. The summed E-state index contributed by atoms with van der Waals surface area (Å²) >= 11 is 0. The predicted octanol–water partition coefficient (Wildman–Crippen LogP) is 2.04. The van der Waals surface area contributed by atoms with Crippen molar-refractivity contribution < 1.29 is 27.8 Å². The van der Waals surface area contributed by atoms with E-state index in [0.717, 1.165) is 0 Å². The van der Waals surface area contributed by atoms with Gasteiger partial charge in [0.15, 0.2) is 5.78 Å². The second-order valence-electron chi connectivity index (χ2n) is 1.87. The molecule has 0 aromatic carbocycles. The maximum absolute atomic E-state index is 10.3. The lowest BCUT2D eigenvalue weighted by molar-refractivity contribution is -0.118. The van der Waals surface area contributed by atoms with Crippen molar-refractivity contribution in [1.29, 1.82) is 0 Å². The number of epoxide rings is 1. The number of hydrogen-bond donors (Lipinski definition) is 0. The van der Waals surface area contributed by atoms with Crippen LogP contribution < -0.4 is 0 Å². The second-order valence-corrected chi connectivity index (χ2v) is 1.87. The highest BCUT2D eigenvalue weighted by Gasteiger charge is 2.37. The van der Waals surface area contributed by atoms with E-state index < -0.39 is 0 Å². The summed E-state index contributed by atoms with van der Waals surface area (Å²) < 4.78 is 36.8. The summed E-state index contributed by atoms with van der Waals surface area (Å²) in [4.78, 5) is 10.3. The summed E-state index contributed by atoms with van der Waals surface area (Å²) in [6, 6.07) is 0. The van der Waals surface area contributed by atoms with Crippen molar-refractivity contribution in [3.63, 3.8) is 0 Å². The highest BCUT2D eigenvalue weighted by atomic mass is 20.0. The molecule has 0 radical (unpaired) electrons. The third-order valence-electron chi connectivity index (χ3n) is 1.11. The lowest BCUT2D eigenvalue weighted by Crippen LogP contribution is -2.01. The van der Waals surface area contributed by atoms with Gasteiger partial charge in [-0.3, -0.25) is 4.79 Å². The van der Waals surface area contributed by atoms with Gasteiger partial charge in [0.05, 0.1) is 6.10 Å². The van der Waals surface area contributed by atoms with Crippen molar-refractivity contribution in [3.05, 3.63) is 0 Å². The van der Waals surface area contributed by atoms with Gasteiger partial charge in [0.2, 0.25) is 0 Å². The van der Waals surface area contributed by atoms with Crippen molar-refractivity contribution in [3.8, 4) is 0 Å². The van der Waals surface area contributed by atoms with Crippen LogP contribution in [0.1, 0.15) is 13.8 Å². The molecule has 0 spiro atoms. The van der Waals surface area contributed by atoms with Crippen LogP contribution in [0.3, 0.4) is 0 Å². The Morgan fingerprint density at radius 3 is 1.55 bits per heavy atom. The normalized spacial score (nSPS) is 25.3. The first-order valence-corrected chi connectivity index (χ1v) is 2.66. The van der Waals surface area contributed by atoms with Gasteiger partial charge in [-0.05, 0) is 13.8 Å². The van der Waals surface area contributed by atoms with E-state index in [4.69, 9.17) is 23.0 Å². The van der Waals surface area contributed by atoms with Crippen LogP contribution in [0.15, 0.2) is 0 Å². The summed E-state index contributed by atoms with van der Waals surface area (Å²) in [5.41, 5.74) is 0. The van der Waals surface area contributed by atoms with Crippen molar-refractivity contribution in [1.82, 2.24) is 0 Å². The molecule has 0 bridgehead atoms. The summed E-state index contributed by atoms with van der Waals surface area (Å²) in [6.07, 6.45) is 0.123. The second kappa shape index (κ2) is 7.46. The molecule has 1 rings (SSSR count). The Hall–Kier alpha value is -0.650. The maximum atomic E-state index is 10.3. The van der Waals surface area contributed by atoms with Gasteiger partial charge >= 0.3 is 0 Å².